The maximum Gasteiger partial charge on any atom is 0.156 e. The second-order valence-corrected chi connectivity index (χ2v) is 7.46. The zero-order chi connectivity index (χ0) is 24.4. The number of hydrogen-bond donors (Lipinski definition) is 4. The minimum atomic E-state index is -0.521. The van der Waals surface area contributed by atoms with Crippen molar-refractivity contribution in [3.63, 3.8) is 0 Å². The van der Waals surface area contributed by atoms with E-state index < -0.39 is 11.7 Å². The van der Waals surface area contributed by atoms with Gasteiger partial charge >= 0.3 is 0 Å². The molecule has 0 unspecified atom stereocenters. The van der Waals surface area contributed by atoms with Crippen LogP contribution < -0.4 is 16.0 Å². The third-order valence-corrected chi connectivity index (χ3v) is 5.46. The molecule has 1 aliphatic carbocycles. The summed E-state index contributed by atoms with van der Waals surface area (Å²) in [5, 5.41) is 18.5. The highest BCUT2D eigenvalue weighted by Crippen LogP contribution is 2.28. The molecular formula is C24H33F2N7. The highest BCUT2D eigenvalue weighted by Gasteiger charge is 2.26. The van der Waals surface area contributed by atoms with Crippen LogP contribution in [0.1, 0.15) is 63.0 Å². The highest BCUT2D eigenvalue weighted by atomic mass is 19.1. The van der Waals surface area contributed by atoms with E-state index in [1.54, 1.807) is 6.08 Å². The molecule has 3 rings (SSSR count). The Kier molecular flexibility index (Phi) is 9.90. The summed E-state index contributed by atoms with van der Waals surface area (Å²) >= 11 is 0. The molecule has 0 bridgehead atoms. The Morgan fingerprint density at radius 1 is 1.18 bits per heavy atom. The molecule has 178 valence electrons. The number of hydrogen-bond acceptors (Lipinski definition) is 7. The number of anilines is 1. The lowest BCUT2D eigenvalue weighted by atomic mass is 10.0. The molecule has 0 radical (unpaired) electrons. The predicted molar refractivity (Wildman–Crippen MR) is 132 cm³/mol. The monoisotopic (exact) mass is 457 g/mol. The fourth-order valence-corrected chi connectivity index (χ4v) is 3.79. The van der Waals surface area contributed by atoms with Crippen LogP contribution in [0.15, 0.2) is 36.2 Å². The van der Waals surface area contributed by atoms with Gasteiger partial charge in [-0.3, -0.25) is 0 Å². The van der Waals surface area contributed by atoms with Gasteiger partial charge in [0, 0.05) is 55.1 Å². The van der Waals surface area contributed by atoms with Gasteiger partial charge in [-0.1, -0.05) is 20.4 Å². The Hall–Kier alpha value is -3.36. The van der Waals surface area contributed by atoms with Gasteiger partial charge in [-0.05, 0) is 38.2 Å². The SMILES string of the molecule is C=Cc1nc(N2CCC(NC3=C(F)C=C(F)CCC3)CC2)c(/C(C=N)=C/N)nc1C=N.CC. The Balaban J connectivity index is 0.00000187. The molecule has 1 saturated heterocycles. The molecular weight excluding hydrogens is 424 g/mol. The Morgan fingerprint density at radius 2 is 1.88 bits per heavy atom. The zero-order valence-electron chi connectivity index (χ0n) is 19.3. The third-order valence-electron chi connectivity index (χ3n) is 5.46. The molecule has 0 aromatic carbocycles. The molecule has 1 aliphatic heterocycles. The van der Waals surface area contributed by atoms with Crippen LogP contribution in [0.5, 0.6) is 0 Å². The first-order chi connectivity index (χ1) is 16.0. The van der Waals surface area contributed by atoms with Gasteiger partial charge in [-0.25, -0.2) is 18.7 Å². The number of aromatic nitrogens is 2. The topological polar surface area (TPSA) is 115 Å². The average Bonchev–Trinajstić information content (AvgIpc) is 3.00. The number of rotatable bonds is 7. The number of nitrogens with zero attached hydrogens (tertiary/aromatic N) is 3. The van der Waals surface area contributed by atoms with E-state index in [-0.39, 0.29) is 12.5 Å². The Labute approximate surface area is 194 Å². The molecule has 5 N–H and O–H groups in total. The molecule has 2 heterocycles. The van der Waals surface area contributed by atoms with Crippen molar-refractivity contribution in [3.05, 3.63) is 53.3 Å². The van der Waals surface area contributed by atoms with Crippen LogP contribution in [-0.2, 0) is 0 Å². The molecule has 1 aromatic heterocycles. The van der Waals surface area contributed by atoms with Crippen molar-refractivity contribution >= 4 is 29.9 Å². The van der Waals surface area contributed by atoms with E-state index in [9.17, 15) is 8.78 Å². The first-order valence-electron chi connectivity index (χ1n) is 11.2. The maximum absolute atomic E-state index is 14.2. The maximum atomic E-state index is 14.2. The van der Waals surface area contributed by atoms with E-state index >= 15 is 0 Å². The zero-order valence-corrected chi connectivity index (χ0v) is 19.3. The second-order valence-electron chi connectivity index (χ2n) is 7.46. The number of piperidine rings is 1. The van der Waals surface area contributed by atoms with Crippen LogP contribution in [0.4, 0.5) is 14.6 Å². The van der Waals surface area contributed by atoms with E-state index in [1.807, 2.05) is 18.7 Å². The lowest BCUT2D eigenvalue weighted by Gasteiger charge is -2.35. The summed E-state index contributed by atoms with van der Waals surface area (Å²) in [7, 11) is 0. The number of halogens is 2. The smallest absolute Gasteiger partial charge is 0.156 e. The first-order valence-corrected chi connectivity index (χ1v) is 11.2. The van der Waals surface area contributed by atoms with Crippen LogP contribution in [0.3, 0.4) is 0 Å². The van der Waals surface area contributed by atoms with Crippen molar-refractivity contribution in [2.45, 2.75) is 52.0 Å². The van der Waals surface area contributed by atoms with Crippen molar-refractivity contribution in [1.29, 1.82) is 10.8 Å². The molecule has 1 fully saturated rings. The molecule has 0 saturated carbocycles. The average molecular weight is 458 g/mol. The Bertz CT molecular complexity index is 958. The fraction of sp³-hybridized carbons (Fsp3) is 0.417. The van der Waals surface area contributed by atoms with Gasteiger partial charge in [0.1, 0.15) is 23.0 Å². The molecule has 7 nitrogen and oxygen atoms in total. The minimum Gasteiger partial charge on any atom is -0.404 e. The molecule has 0 spiro atoms. The van der Waals surface area contributed by atoms with Crippen molar-refractivity contribution in [2.24, 2.45) is 5.73 Å². The van der Waals surface area contributed by atoms with Gasteiger partial charge in [-0.2, -0.15) is 0 Å². The third kappa shape index (κ3) is 6.34. The van der Waals surface area contributed by atoms with Crippen molar-refractivity contribution in [3.8, 4) is 0 Å². The number of nitrogens with one attached hydrogen (secondary N) is 3. The van der Waals surface area contributed by atoms with Crippen molar-refractivity contribution in [2.75, 3.05) is 18.0 Å². The Morgan fingerprint density at radius 3 is 2.45 bits per heavy atom. The number of allylic oxidation sites excluding steroid dienone is 5. The minimum absolute atomic E-state index is 0.0648. The van der Waals surface area contributed by atoms with E-state index in [4.69, 9.17) is 16.6 Å². The van der Waals surface area contributed by atoms with Crippen LogP contribution in [0.25, 0.3) is 11.6 Å². The normalized spacial score (nSPS) is 17.4. The van der Waals surface area contributed by atoms with Crippen molar-refractivity contribution < 1.29 is 8.78 Å². The molecule has 2 aliphatic rings. The van der Waals surface area contributed by atoms with Gasteiger partial charge in [-0.15, -0.1) is 0 Å². The van der Waals surface area contributed by atoms with E-state index in [0.29, 0.717) is 60.1 Å². The molecule has 0 amide bonds. The molecule has 1 aromatic rings. The summed E-state index contributed by atoms with van der Waals surface area (Å²) in [5.41, 5.74) is 7.82. The highest BCUT2D eigenvalue weighted by molar-refractivity contribution is 6.09. The van der Waals surface area contributed by atoms with E-state index in [0.717, 1.165) is 31.3 Å². The second kappa shape index (κ2) is 12.6. The number of nitrogens with two attached hydrogens (primary N) is 1. The molecule has 33 heavy (non-hydrogen) atoms. The fourth-order valence-electron chi connectivity index (χ4n) is 3.79. The first kappa shape index (κ1) is 25.9. The lowest BCUT2D eigenvalue weighted by molar-refractivity contribution is 0.429. The largest absolute Gasteiger partial charge is 0.404 e. The summed E-state index contributed by atoms with van der Waals surface area (Å²) in [5.74, 6) is -0.368. The van der Waals surface area contributed by atoms with Crippen LogP contribution in [0, 0.1) is 10.8 Å². The molecule has 9 heteroatoms. The summed E-state index contributed by atoms with van der Waals surface area (Å²) in [6, 6.07) is 0.0648. The van der Waals surface area contributed by atoms with E-state index in [2.05, 4.69) is 21.9 Å². The van der Waals surface area contributed by atoms with Gasteiger partial charge in [0.25, 0.3) is 0 Å². The summed E-state index contributed by atoms with van der Waals surface area (Å²) in [6.45, 7) is 9.01. The van der Waals surface area contributed by atoms with Crippen LogP contribution in [-0.4, -0.2) is 41.5 Å². The molecule has 0 atom stereocenters. The van der Waals surface area contributed by atoms with Crippen molar-refractivity contribution in [1.82, 2.24) is 15.3 Å². The summed E-state index contributed by atoms with van der Waals surface area (Å²) in [4.78, 5) is 11.2. The van der Waals surface area contributed by atoms with E-state index in [1.165, 1.54) is 6.20 Å². The quantitative estimate of drug-likeness (QED) is 0.436. The summed E-state index contributed by atoms with van der Waals surface area (Å²) in [6.07, 6.45) is 8.81. The summed E-state index contributed by atoms with van der Waals surface area (Å²) < 4.78 is 27.7. The van der Waals surface area contributed by atoms with Crippen LogP contribution >= 0.6 is 0 Å². The van der Waals surface area contributed by atoms with Crippen LogP contribution in [0.2, 0.25) is 0 Å². The van der Waals surface area contributed by atoms with Gasteiger partial charge in [0.2, 0.25) is 0 Å². The lowest BCUT2D eigenvalue weighted by Crippen LogP contribution is -2.43. The standard InChI is InChI=1S/C22H27F2N7.C2H6/c1-2-18-20(13-27)29-21(14(11-25)12-26)22(30-18)31-8-6-16(7-9-31)28-19-5-3-4-15(23)10-17(19)24;1-2/h2,10-13,16,25,27-28H,1,3-9,26H2;1-2H3/b14-12+,25-11?,27-13?;. The van der Waals surface area contributed by atoms with Gasteiger partial charge in [0.05, 0.1) is 5.69 Å². The van der Waals surface area contributed by atoms with Gasteiger partial charge < -0.3 is 26.8 Å². The van der Waals surface area contributed by atoms with Gasteiger partial charge in [0.15, 0.2) is 5.82 Å². The predicted octanol–water partition coefficient (Wildman–Crippen LogP) is 4.87.